The van der Waals surface area contributed by atoms with Gasteiger partial charge < -0.3 is 9.84 Å². The lowest BCUT2D eigenvalue weighted by Crippen LogP contribution is -2.24. The maximum Gasteiger partial charge on any atom is 0.266 e. The van der Waals surface area contributed by atoms with E-state index in [4.69, 9.17) is 4.74 Å². The highest BCUT2D eigenvalue weighted by Gasteiger charge is 2.16. The molecule has 1 amide bonds. The van der Waals surface area contributed by atoms with Crippen LogP contribution in [0, 0.1) is 6.92 Å². The summed E-state index contributed by atoms with van der Waals surface area (Å²) in [7, 11) is 1.45. The van der Waals surface area contributed by atoms with Gasteiger partial charge in [0.2, 0.25) is 0 Å². The molecule has 0 aliphatic heterocycles. The van der Waals surface area contributed by atoms with Crippen molar-refractivity contribution in [2.75, 3.05) is 12.9 Å². The number of hydrazone groups is 1. The van der Waals surface area contributed by atoms with Gasteiger partial charge in [0.1, 0.15) is 0 Å². The summed E-state index contributed by atoms with van der Waals surface area (Å²) >= 11 is 1.14. The molecule has 1 aromatic heterocycles. The first-order valence-electron chi connectivity index (χ1n) is 10.4. The topological polar surface area (TPSA) is 106 Å². The van der Waals surface area contributed by atoms with Crippen molar-refractivity contribution in [3.63, 3.8) is 0 Å². The van der Waals surface area contributed by atoms with E-state index in [2.05, 4.69) is 15.5 Å². The number of carbonyl (C=O) groups excluding carboxylic acids is 1. The van der Waals surface area contributed by atoms with Gasteiger partial charge in [-0.2, -0.15) is 5.10 Å². The molecule has 9 heteroatoms. The molecule has 172 valence electrons. The number of nitrogens with zero attached hydrogens (tertiary/aromatic N) is 3. The highest BCUT2D eigenvalue weighted by molar-refractivity contribution is 7.99. The van der Waals surface area contributed by atoms with Gasteiger partial charge in [0.25, 0.3) is 11.5 Å². The number of carbonyl (C=O) groups is 1. The van der Waals surface area contributed by atoms with Gasteiger partial charge in [-0.25, -0.2) is 10.4 Å². The number of aromatic nitrogens is 2. The minimum absolute atomic E-state index is 0.0158. The van der Waals surface area contributed by atoms with Crippen LogP contribution in [0.5, 0.6) is 11.5 Å². The number of aromatic hydroxyl groups is 1. The standard InChI is InChI=1S/C25H22N4O4S/c1-16-8-3-6-12-20(16)29-24(32)18-10-4-5-11-19(18)27-25(29)34-15-22(30)28-26-14-17-9-7-13-21(33-2)23(17)31/h3-14,31H,15H2,1-2H3,(H,28,30)/b26-14-. The normalized spacial score (nSPS) is 11.1. The number of rotatable bonds is 7. The lowest BCUT2D eigenvalue weighted by molar-refractivity contribution is -0.118. The number of ether oxygens (including phenoxy) is 1. The molecule has 0 bridgehead atoms. The van der Waals surface area contributed by atoms with Crippen molar-refractivity contribution in [3.8, 4) is 17.2 Å². The quantitative estimate of drug-likeness (QED) is 0.183. The number of fused-ring (bicyclic) bond motifs is 1. The van der Waals surface area contributed by atoms with E-state index < -0.39 is 0 Å². The molecule has 3 aromatic carbocycles. The number of hydrogen-bond acceptors (Lipinski definition) is 7. The number of thioether (sulfide) groups is 1. The molecule has 4 aromatic rings. The van der Waals surface area contributed by atoms with Crippen LogP contribution in [-0.2, 0) is 4.79 Å². The molecule has 0 aliphatic carbocycles. The summed E-state index contributed by atoms with van der Waals surface area (Å²) in [4.78, 5) is 30.4. The molecule has 0 aliphatic rings. The maximum absolute atomic E-state index is 13.3. The lowest BCUT2D eigenvalue weighted by Gasteiger charge is -2.14. The van der Waals surface area contributed by atoms with E-state index in [1.54, 1.807) is 36.4 Å². The molecule has 0 atom stereocenters. The Bertz CT molecular complexity index is 1450. The van der Waals surface area contributed by atoms with Gasteiger partial charge in [-0.15, -0.1) is 0 Å². The van der Waals surface area contributed by atoms with Crippen molar-refractivity contribution in [1.29, 1.82) is 0 Å². The smallest absolute Gasteiger partial charge is 0.266 e. The van der Waals surface area contributed by atoms with E-state index in [0.717, 1.165) is 17.3 Å². The number of nitrogens with one attached hydrogen (secondary N) is 1. The van der Waals surface area contributed by atoms with Crippen molar-refractivity contribution in [3.05, 3.63) is 88.2 Å². The van der Waals surface area contributed by atoms with Crippen LogP contribution in [0.4, 0.5) is 0 Å². The van der Waals surface area contributed by atoms with E-state index in [0.29, 0.717) is 33.1 Å². The Labute approximate surface area is 199 Å². The third kappa shape index (κ3) is 4.79. The number of phenolic OH excluding ortho intramolecular Hbond substituents is 1. The highest BCUT2D eigenvalue weighted by atomic mass is 32.2. The zero-order chi connectivity index (χ0) is 24.1. The van der Waals surface area contributed by atoms with E-state index >= 15 is 0 Å². The Morgan fingerprint density at radius 2 is 1.91 bits per heavy atom. The molecule has 2 N–H and O–H groups in total. The number of aryl methyl sites for hydroxylation is 1. The fourth-order valence-corrected chi connectivity index (χ4v) is 4.18. The van der Waals surface area contributed by atoms with Crippen LogP contribution < -0.4 is 15.7 Å². The summed E-state index contributed by atoms with van der Waals surface area (Å²) in [5.41, 5.74) is 4.81. The second kappa shape index (κ2) is 10.2. The number of hydrogen-bond donors (Lipinski definition) is 2. The van der Waals surface area contributed by atoms with E-state index in [9.17, 15) is 14.7 Å². The first-order chi connectivity index (χ1) is 16.5. The molecular weight excluding hydrogens is 452 g/mol. The Balaban J connectivity index is 1.56. The Hall–Kier alpha value is -4.11. The molecule has 8 nitrogen and oxygen atoms in total. The Morgan fingerprint density at radius 3 is 2.71 bits per heavy atom. The van der Waals surface area contributed by atoms with Gasteiger partial charge in [0, 0.05) is 5.56 Å². The molecule has 0 unspecified atom stereocenters. The van der Waals surface area contributed by atoms with E-state index in [-0.39, 0.29) is 23.0 Å². The predicted octanol–water partition coefficient (Wildman–Crippen LogP) is 3.65. The molecule has 1 heterocycles. The molecule has 4 rings (SSSR count). The van der Waals surface area contributed by atoms with Crippen LogP contribution in [0.15, 0.2) is 81.8 Å². The largest absolute Gasteiger partial charge is 0.504 e. The van der Waals surface area contributed by atoms with Crippen LogP contribution in [-0.4, -0.2) is 39.6 Å². The zero-order valence-corrected chi connectivity index (χ0v) is 19.4. The number of benzene rings is 3. The van der Waals surface area contributed by atoms with Gasteiger partial charge in [0.05, 0.1) is 35.7 Å². The van der Waals surface area contributed by atoms with Crippen LogP contribution >= 0.6 is 11.8 Å². The Kier molecular flexibility index (Phi) is 6.93. The summed E-state index contributed by atoms with van der Waals surface area (Å²) in [5.74, 6) is -0.164. The van der Waals surface area contributed by atoms with Crippen LogP contribution in [0.2, 0.25) is 0 Å². The van der Waals surface area contributed by atoms with Crippen molar-refractivity contribution in [2.45, 2.75) is 12.1 Å². The van der Waals surface area contributed by atoms with Gasteiger partial charge in [-0.3, -0.25) is 14.2 Å². The van der Waals surface area contributed by atoms with Crippen LogP contribution in [0.3, 0.4) is 0 Å². The summed E-state index contributed by atoms with van der Waals surface area (Å²) < 4.78 is 6.59. The van der Waals surface area contributed by atoms with E-state index in [1.807, 2.05) is 37.3 Å². The van der Waals surface area contributed by atoms with Crippen molar-refractivity contribution in [1.82, 2.24) is 15.0 Å². The average Bonchev–Trinajstić information content (AvgIpc) is 2.85. The van der Waals surface area contributed by atoms with Crippen molar-refractivity contribution < 1.29 is 14.6 Å². The summed E-state index contributed by atoms with van der Waals surface area (Å²) in [5, 5.41) is 14.9. The van der Waals surface area contributed by atoms with Crippen LogP contribution in [0.1, 0.15) is 11.1 Å². The number of amides is 1. The van der Waals surface area contributed by atoms with E-state index in [1.165, 1.54) is 17.9 Å². The molecule has 0 radical (unpaired) electrons. The number of phenols is 1. The van der Waals surface area contributed by atoms with Gasteiger partial charge in [-0.1, -0.05) is 48.2 Å². The molecule has 34 heavy (non-hydrogen) atoms. The summed E-state index contributed by atoms with van der Waals surface area (Å²) in [6.07, 6.45) is 1.33. The molecule has 0 fully saturated rings. The van der Waals surface area contributed by atoms with Crippen LogP contribution in [0.25, 0.3) is 16.6 Å². The SMILES string of the molecule is COc1cccc(/C=N\NC(=O)CSc2nc3ccccc3c(=O)n2-c2ccccc2C)c1O. The minimum atomic E-state index is -0.387. The van der Waals surface area contributed by atoms with Gasteiger partial charge >= 0.3 is 0 Å². The first-order valence-corrected chi connectivity index (χ1v) is 11.4. The average molecular weight is 475 g/mol. The predicted molar refractivity (Wildman–Crippen MR) is 133 cm³/mol. The molecular formula is C25H22N4O4S. The zero-order valence-electron chi connectivity index (χ0n) is 18.6. The molecule has 0 saturated heterocycles. The van der Waals surface area contributed by atoms with Crippen molar-refractivity contribution >= 4 is 34.8 Å². The second-order valence-electron chi connectivity index (χ2n) is 7.32. The fraction of sp³-hybridized carbons (Fsp3) is 0.120. The highest BCUT2D eigenvalue weighted by Crippen LogP contribution is 2.28. The Morgan fingerprint density at radius 1 is 1.15 bits per heavy atom. The number of methoxy groups -OCH3 is 1. The first kappa shape index (κ1) is 23.1. The molecule has 0 spiro atoms. The molecule has 0 saturated carbocycles. The monoisotopic (exact) mass is 474 g/mol. The number of para-hydroxylation sites is 3. The summed E-state index contributed by atoms with van der Waals surface area (Å²) in [6.45, 7) is 1.92. The second-order valence-corrected chi connectivity index (χ2v) is 8.26. The van der Waals surface area contributed by atoms with Crippen molar-refractivity contribution in [2.24, 2.45) is 5.10 Å². The fourth-order valence-electron chi connectivity index (χ4n) is 3.38. The third-order valence-electron chi connectivity index (χ3n) is 5.08. The van der Waals surface area contributed by atoms with Gasteiger partial charge in [0.15, 0.2) is 16.7 Å². The summed E-state index contributed by atoms with van der Waals surface area (Å²) in [6, 6.07) is 19.6. The lowest BCUT2D eigenvalue weighted by atomic mass is 10.2. The van der Waals surface area contributed by atoms with Gasteiger partial charge in [-0.05, 0) is 42.8 Å². The third-order valence-corrected chi connectivity index (χ3v) is 6.02. The minimum Gasteiger partial charge on any atom is -0.504 e. The maximum atomic E-state index is 13.3.